The average molecular weight is 282 g/mol. The Morgan fingerprint density at radius 1 is 1.11 bits per heavy atom. The van der Waals surface area contributed by atoms with E-state index in [4.69, 9.17) is 0 Å². The van der Waals surface area contributed by atoms with Crippen LogP contribution in [0.1, 0.15) is 70.7 Å². The van der Waals surface area contributed by atoms with Crippen LogP contribution in [0.25, 0.3) is 0 Å². The predicted octanol–water partition coefficient (Wildman–Crippen LogP) is 5.38. The summed E-state index contributed by atoms with van der Waals surface area (Å²) in [5, 5.41) is 3.50. The summed E-state index contributed by atoms with van der Waals surface area (Å²) < 4.78 is 0. The lowest BCUT2D eigenvalue weighted by atomic mass is 9.78. The van der Waals surface area contributed by atoms with Crippen LogP contribution in [0.5, 0.6) is 0 Å². The molecule has 0 saturated heterocycles. The molecule has 2 heteroatoms. The number of hydrogen-bond donors (Lipinski definition) is 1. The zero-order valence-electron chi connectivity index (χ0n) is 13.9. The van der Waals surface area contributed by atoms with Crippen molar-refractivity contribution in [2.45, 2.75) is 66.3 Å². The summed E-state index contributed by atoms with van der Waals surface area (Å²) in [6, 6.07) is 5.09. The molecule has 2 unspecified atom stereocenters. The van der Waals surface area contributed by atoms with Gasteiger partial charge in [0.05, 0.1) is 0 Å². The van der Waals surface area contributed by atoms with Gasteiger partial charge in [0.1, 0.15) is 0 Å². The summed E-state index contributed by atoms with van der Waals surface area (Å²) in [5.74, 6) is 0.699. The first-order chi connectivity index (χ1) is 8.55. The van der Waals surface area contributed by atoms with E-state index < -0.39 is 0 Å². The van der Waals surface area contributed by atoms with E-state index in [1.165, 1.54) is 16.2 Å². The van der Waals surface area contributed by atoms with Crippen molar-refractivity contribution in [3.8, 4) is 0 Å². The van der Waals surface area contributed by atoms with E-state index in [0.29, 0.717) is 17.4 Å². The molecule has 0 amide bonds. The molecule has 1 aromatic rings. The van der Waals surface area contributed by atoms with Crippen molar-refractivity contribution in [2.75, 3.05) is 7.05 Å². The third kappa shape index (κ3) is 4.61. The van der Waals surface area contributed by atoms with Crippen molar-refractivity contribution in [2.24, 2.45) is 11.3 Å². The third-order valence-electron chi connectivity index (χ3n) is 4.13. The lowest BCUT2D eigenvalue weighted by molar-refractivity contribution is 0.227. The second kappa shape index (κ2) is 5.97. The van der Waals surface area contributed by atoms with E-state index in [-0.39, 0.29) is 5.41 Å². The van der Waals surface area contributed by atoms with Crippen LogP contribution < -0.4 is 5.32 Å². The Balaban J connectivity index is 2.84. The fourth-order valence-electron chi connectivity index (χ4n) is 2.03. The number of thiophene rings is 1. The largest absolute Gasteiger partial charge is 0.312 e. The molecule has 1 N–H and O–H groups in total. The molecule has 1 rings (SSSR count). The molecule has 0 radical (unpaired) electrons. The first-order valence-electron chi connectivity index (χ1n) is 7.33. The van der Waals surface area contributed by atoms with Crippen molar-refractivity contribution in [3.63, 3.8) is 0 Å². The maximum absolute atomic E-state index is 3.50. The van der Waals surface area contributed by atoms with Crippen LogP contribution in [0.2, 0.25) is 0 Å². The van der Waals surface area contributed by atoms with Crippen molar-refractivity contribution < 1.29 is 0 Å². The highest BCUT2D eigenvalue weighted by atomic mass is 32.1. The molecule has 1 aromatic heterocycles. The van der Waals surface area contributed by atoms with Gasteiger partial charge in [0, 0.05) is 15.8 Å². The Kier molecular flexibility index (Phi) is 5.25. The second-order valence-electron chi connectivity index (χ2n) is 7.80. The Morgan fingerprint density at radius 2 is 1.68 bits per heavy atom. The minimum absolute atomic E-state index is 0.261. The fourth-order valence-corrected chi connectivity index (χ4v) is 3.22. The van der Waals surface area contributed by atoms with Crippen LogP contribution in [-0.2, 0) is 5.41 Å². The predicted molar refractivity (Wildman–Crippen MR) is 88.1 cm³/mol. The van der Waals surface area contributed by atoms with Gasteiger partial charge in [0.25, 0.3) is 0 Å². The van der Waals surface area contributed by atoms with E-state index in [1.807, 2.05) is 11.3 Å². The van der Waals surface area contributed by atoms with Gasteiger partial charge < -0.3 is 5.32 Å². The minimum atomic E-state index is 0.261. The topological polar surface area (TPSA) is 12.0 Å². The van der Waals surface area contributed by atoms with Crippen LogP contribution in [-0.4, -0.2) is 7.05 Å². The van der Waals surface area contributed by atoms with Crippen LogP contribution in [0.3, 0.4) is 0 Å². The standard InChI is InChI=1S/C17H31NS/c1-12(16(2,3)4)11-13(18-8)14-9-10-15(19-14)17(5,6)7/h9-10,12-13,18H,11H2,1-8H3. The van der Waals surface area contributed by atoms with Gasteiger partial charge in [-0.2, -0.15) is 0 Å². The van der Waals surface area contributed by atoms with Gasteiger partial charge in [0.15, 0.2) is 0 Å². The van der Waals surface area contributed by atoms with Crippen molar-refractivity contribution in [3.05, 3.63) is 21.9 Å². The number of hydrogen-bond acceptors (Lipinski definition) is 2. The zero-order valence-corrected chi connectivity index (χ0v) is 14.7. The van der Waals surface area contributed by atoms with Crippen LogP contribution >= 0.6 is 11.3 Å². The Hall–Kier alpha value is -0.340. The Bertz CT molecular complexity index is 392. The molecule has 0 fully saturated rings. The number of rotatable bonds is 4. The van der Waals surface area contributed by atoms with Gasteiger partial charge in [-0.25, -0.2) is 0 Å². The maximum Gasteiger partial charge on any atom is 0.0415 e. The molecule has 19 heavy (non-hydrogen) atoms. The molecule has 1 heterocycles. The van der Waals surface area contributed by atoms with Gasteiger partial charge in [-0.05, 0) is 42.3 Å². The highest BCUT2D eigenvalue weighted by molar-refractivity contribution is 7.12. The summed E-state index contributed by atoms with van der Waals surface area (Å²) in [7, 11) is 2.08. The summed E-state index contributed by atoms with van der Waals surface area (Å²) in [4.78, 5) is 2.95. The van der Waals surface area contributed by atoms with Gasteiger partial charge in [-0.3, -0.25) is 0 Å². The molecule has 0 spiro atoms. The molecule has 0 aromatic carbocycles. The quantitative estimate of drug-likeness (QED) is 0.781. The molecule has 0 saturated carbocycles. The smallest absolute Gasteiger partial charge is 0.0415 e. The Morgan fingerprint density at radius 3 is 2.05 bits per heavy atom. The SMILES string of the molecule is CNC(CC(C)C(C)(C)C)c1ccc(C(C)(C)C)s1. The van der Waals surface area contributed by atoms with E-state index in [1.54, 1.807) is 0 Å². The van der Waals surface area contributed by atoms with Gasteiger partial charge in [-0.1, -0.05) is 48.5 Å². The zero-order chi connectivity index (χ0) is 14.8. The fraction of sp³-hybridized carbons (Fsp3) is 0.765. The van der Waals surface area contributed by atoms with Crippen molar-refractivity contribution >= 4 is 11.3 Å². The molecule has 0 aliphatic carbocycles. The summed E-state index contributed by atoms with van der Waals surface area (Å²) in [5.41, 5.74) is 0.635. The molecule has 2 atom stereocenters. The van der Waals surface area contributed by atoms with Crippen molar-refractivity contribution in [1.82, 2.24) is 5.32 Å². The van der Waals surface area contributed by atoms with E-state index >= 15 is 0 Å². The summed E-state index contributed by atoms with van der Waals surface area (Å²) >= 11 is 1.96. The summed E-state index contributed by atoms with van der Waals surface area (Å²) in [6.45, 7) is 16.2. The maximum atomic E-state index is 3.50. The molecule has 110 valence electrons. The molecular formula is C17H31NS. The molecular weight excluding hydrogens is 250 g/mol. The minimum Gasteiger partial charge on any atom is -0.312 e. The number of nitrogens with one attached hydrogen (secondary N) is 1. The van der Waals surface area contributed by atoms with Crippen molar-refractivity contribution in [1.29, 1.82) is 0 Å². The molecule has 1 nitrogen and oxygen atoms in total. The average Bonchev–Trinajstić information content (AvgIpc) is 2.72. The summed E-state index contributed by atoms with van der Waals surface area (Å²) in [6.07, 6.45) is 1.20. The molecule has 0 bridgehead atoms. The normalized spacial score (nSPS) is 16.4. The van der Waals surface area contributed by atoms with Gasteiger partial charge in [-0.15, -0.1) is 11.3 Å². The van der Waals surface area contributed by atoms with Crippen LogP contribution in [0, 0.1) is 11.3 Å². The lowest BCUT2D eigenvalue weighted by Gasteiger charge is -2.30. The molecule has 0 aliphatic rings. The van der Waals surface area contributed by atoms with Crippen LogP contribution in [0.4, 0.5) is 0 Å². The van der Waals surface area contributed by atoms with E-state index in [2.05, 4.69) is 73.0 Å². The van der Waals surface area contributed by atoms with Crippen LogP contribution in [0.15, 0.2) is 12.1 Å². The highest BCUT2D eigenvalue weighted by Crippen LogP contribution is 2.37. The highest BCUT2D eigenvalue weighted by Gasteiger charge is 2.25. The molecule has 0 aliphatic heterocycles. The van der Waals surface area contributed by atoms with Gasteiger partial charge >= 0.3 is 0 Å². The second-order valence-corrected chi connectivity index (χ2v) is 8.91. The van der Waals surface area contributed by atoms with E-state index in [9.17, 15) is 0 Å². The lowest BCUT2D eigenvalue weighted by Crippen LogP contribution is -2.24. The van der Waals surface area contributed by atoms with Gasteiger partial charge in [0.2, 0.25) is 0 Å². The first-order valence-corrected chi connectivity index (χ1v) is 8.15. The third-order valence-corrected chi connectivity index (χ3v) is 5.75. The monoisotopic (exact) mass is 281 g/mol. The van der Waals surface area contributed by atoms with E-state index in [0.717, 1.165) is 0 Å². The Labute approximate surface area is 123 Å². The first kappa shape index (κ1) is 16.7.